The molecule has 0 atom stereocenters. The first-order valence-corrected chi connectivity index (χ1v) is 6.61. The SMILES string of the molecule is NCC1(O)CCC(c2ccccc2Br)CC1. The third-order valence-corrected chi connectivity index (χ3v) is 4.36. The smallest absolute Gasteiger partial charge is 0.0769 e. The second-order valence-corrected chi connectivity index (χ2v) is 5.58. The molecule has 0 unspecified atom stereocenters. The lowest BCUT2D eigenvalue weighted by atomic mass is 9.76. The highest BCUT2D eigenvalue weighted by Crippen LogP contribution is 2.39. The summed E-state index contributed by atoms with van der Waals surface area (Å²) in [7, 11) is 0. The van der Waals surface area contributed by atoms with Gasteiger partial charge in [-0.05, 0) is 43.2 Å². The van der Waals surface area contributed by atoms with E-state index >= 15 is 0 Å². The van der Waals surface area contributed by atoms with Gasteiger partial charge in [0.15, 0.2) is 0 Å². The predicted octanol–water partition coefficient (Wildman–Crippen LogP) is 2.80. The molecule has 1 aliphatic rings. The minimum absolute atomic E-state index is 0.385. The molecule has 0 radical (unpaired) electrons. The molecule has 88 valence electrons. The summed E-state index contributed by atoms with van der Waals surface area (Å²) in [6, 6.07) is 8.36. The number of hydrogen-bond donors (Lipinski definition) is 2. The normalized spacial score (nSPS) is 30.3. The third-order valence-electron chi connectivity index (χ3n) is 3.64. The van der Waals surface area contributed by atoms with Crippen LogP contribution < -0.4 is 5.73 Å². The number of halogens is 1. The molecule has 0 spiro atoms. The average molecular weight is 284 g/mol. The highest BCUT2D eigenvalue weighted by Gasteiger charge is 2.32. The van der Waals surface area contributed by atoms with Gasteiger partial charge in [0.25, 0.3) is 0 Å². The van der Waals surface area contributed by atoms with Gasteiger partial charge < -0.3 is 10.8 Å². The van der Waals surface area contributed by atoms with Crippen LogP contribution in [0, 0.1) is 0 Å². The van der Waals surface area contributed by atoms with Crippen LogP contribution in [0.2, 0.25) is 0 Å². The second-order valence-electron chi connectivity index (χ2n) is 4.72. The zero-order chi connectivity index (χ0) is 11.6. The standard InChI is InChI=1S/C13H18BrNO/c14-12-4-2-1-3-11(12)10-5-7-13(16,9-15)8-6-10/h1-4,10,16H,5-9,15H2. The molecule has 16 heavy (non-hydrogen) atoms. The van der Waals surface area contributed by atoms with Gasteiger partial charge in [0, 0.05) is 11.0 Å². The maximum Gasteiger partial charge on any atom is 0.0769 e. The van der Waals surface area contributed by atoms with Crippen molar-refractivity contribution in [1.82, 2.24) is 0 Å². The van der Waals surface area contributed by atoms with Gasteiger partial charge in [-0.15, -0.1) is 0 Å². The molecule has 0 aromatic heterocycles. The van der Waals surface area contributed by atoms with Crippen LogP contribution in [0.3, 0.4) is 0 Å². The summed E-state index contributed by atoms with van der Waals surface area (Å²) in [5, 5.41) is 10.1. The topological polar surface area (TPSA) is 46.2 Å². The van der Waals surface area contributed by atoms with Crippen LogP contribution in [0.25, 0.3) is 0 Å². The van der Waals surface area contributed by atoms with Crippen molar-refractivity contribution >= 4 is 15.9 Å². The Hall–Kier alpha value is -0.380. The van der Waals surface area contributed by atoms with E-state index in [1.54, 1.807) is 0 Å². The van der Waals surface area contributed by atoms with E-state index in [0.29, 0.717) is 12.5 Å². The molecule has 3 heteroatoms. The molecule has 1 aromatic carbocycles. The maximum absolute atomic E-state index is 10.1. The fourth-order valence-corrected chi connectivity index (χ4v) is 3.08. The van der Waals surface area contributed by atoms with E-state index < -0.39 is 5.60 Å². The van der Waals surface area contributed by atoms with E-state index in [9.17, 15) is 5.11 Å². The molecule has 0 saturated heterocycles. The summed E-state index contributed by atoms with van der Waals surface area (Å²) in [4.78, 5) is 0. The summed E-state index contributed by atoms with van der Waals surface area (Å²) in [5.41, 5.74) is 6.34. The Morgan fingerprint density at radius 3 is 2.50 bits per heavy atom. The van der Waals surface area contributed by atoms with E-state index in [2.05, 4.69) is 34.1 Å². The van der Waals surface area contributed by atoms with Gasteiger partial charge in [0.1, 0.15) is 0 Å². The van der Waals surface area contributed by atoms with Crippen LogP contribution in [0.15, 0.2) is 28.7 Å². The van der Waals surface area contributed by atoms with Gasteiger partial charge in [-0.1, -0.05) is 34.1 Å². The zero-order valence-corrected chi connectivity index (χ0v) is 10.9. The van der Waals surface area contributed by atoms with Crippen LogP contribution in [0.1, 0.15) is 37.2 Å². The van der Waals surface area contributed by atoms with Crippen LogP contribution in [-0.2, 0) is 0 Å². The van der Waals surface area contributed by atoms with E-state index in [1.165, 1.54) is 10.0 Å². The van der Waals surface area contributed by atoms with Crippen molar-refractivity contribution in [3.8, 4) is 0 Å². The second kappa shape index (κ2) is 4.86. The first kappa shape index (κ1) is 12.1. The lowest BCUT2D eigenvalue weighted by Gasteiger charge is -2.35. The Bertz CT molecular complexity index is 359. The summed E-state index contributed by atoms with van der Waals surface area (Å²) < 4.78 is 1.18. The van der Waals surface area contributed by atoms with Gasteiger partial charge >= 0.3 is 0 Å². The van der Waals surface area contributed by atoms with Gasteiger partial charge in [0.2, 0.25) is 0 Å². The monoisotopic (exact) mass is 283 g/mol. The minimum atomic E-state index is -0.613. The molecule has 0 bridgehead atoms. The summed E-state index contributed by atoms with van der Waals surface area (Å²) in [5.74, 6) is 0.558. The van der Waals surface area contributed by atoms with Crippen molar-refractivity contribution in [2.24, 2.45) is 5.73 Å². The molecule has 2 rings (SSSR count). The van der Waals surface area contributed by atoms with Gasteiger partial charge in [-0.25, -0.2) is 0 Å². The number of benzene rings is 1. The highest BCUT2D eigenvalue weighted by molar-refractivity contribution is 9.10. The van der Waals surface area contributed by atoms with E-state index in [0.717, 1.165) is 25.7 Å². The molecule has 1 fully saturated rings. The quantitative estimate of drug-likeness (QED) is 0.877. The fraction of sp³-hybridized carbons (Fsp3) is 0.538. The molecule has 1 saturated carbocycles. The Kier molecular flexibility index (Phi) is 3.67. The number of hydrogen-bond acceptors (Lipinski definition) is 2. The Morgan fingerprint density at radius 1 is 1.31 bits per heavy atom. The van der Waals surface area contributed by atoms with Gasteiger partial charge in [0.05, 0.1) is 5.60 Å². The van der Waals surface area contributed by atoms with E-state index in [-0.39, 0.29) is 0 Å². The lowest BCUT2D eigenvalue weighted by molar-refractivity contribution is 0.00761. The van der Waals surface area contributed by atoms with Crippen molar-refractivity contribution in [3.63, 3.8) is 0 Å². The van der Waals surface area contributed by atoms with Crippen LogP contribution in [-0.4, -0.2) is 17.3 Å². The van der Waals surface area contributed by atoms with Gasteiger partial charge in [-0.2, -0.15) is 0 Å². The summed E-state index contributed by atoms with van der Waals surface area (Å²) >= 11 is 3.59. The molecule has 3 N–H and O–H groups in total. The number of nitrogens with two attached hydrogens (primary N) is 1. The number of aliphatic hydroxyl groups is 1. The molecular weight excluding hydrogens is 266 g/mol. The summed E-state index contributed by atoms with van der Waals surface area (Å²) in [6.07, 6.45) is 3.68. The van der Waals surface area contributed by atoms with Crippen LogP contribution >= 0.6 is 15.9 Å². The first-order valence-electron chi connectivity index (χ1n) is 5.81. The predicted molar refractivity (Wildman–Crippen MR) is 69.4 cm³/mol. The summed E-state index contributed by atoms with van der Waals surface area (Å²) in [6.45, 7) is 0.385. The molecule has 2 nitrogen and oxygen atoms in total. The first-order chi connectivity index (χ1) is 7.64. The van der Waals surface area contributed by atoms with E-state index in [1.807, 2.05) is 6.07 Å². The van der Waals surface area contributed by atoms with Crippen LogP contribution in [0.4, 0.5) is 0 Å². The molecule has 0 heterocycles. The third kappa shape index (κ3) is 2.47. The largest absolute Gasteiger partial charge is 0.389 e. The van der Waals surface area contributed by atoms with Gasteiger partial charge in [-0.3, -0.25) is 0 Å². The average Bonchev–Trinajstić information content (AvgIpc) is 2.31. The van der Waals surface area contributed by atoms with Crippen molar-refractivity contribution < 1.29 is 5.11 Å². The molecule has 0 amide bonds. The van der Waals surface area contributed by atoms with Crippen molar-refractivity contribution in [3.05, 3.63) is 34.3 Å². The zero-order valence-electron chi connectivity index (χ0n) is 9.32. The van der Waals surface area contributed by atoms with Crippen molar-refractivity contribution in [2.75, 3.05) is 6.54 Å². The molecule has 0 aliphatic heterocycles. The maximum atomic E-state index is 10.1. The Labute approximate surface area is 105 Å². The Morgan fingerprint density at radius 2 is 1.94 bits per heavy atom. The highest BCUT2D eigenvalue weighted by atomic mass is 79.9. The fourth-order valence-electron chi connectivity index (χ4n) is 2.48. The minimum Gasteiger partial charge on any atom is -0.389 e. The molecule has 1 aliphatic carbocycles. The van der Waals surface area contributed by atoms with Crippen molar-refractivity contribution in [1.29, 1.82) is 0 Å². The van der Waals surface area contributed by atoms with Crippen molar-refractivity contribution in [2.45, 2.75) is 37.2 Å². The number of rotatable bonds is 2. The van der Waals surface area contributed by atoms with Crippen LogP contribution in [0.5, 0.6) is 0 Å². The molecular formula is C13H18BrNO. The van der Waals surface area contributed by atoms with E-state index in [4.69, 9.17) is 5.73 Å². The lowest BCUT2D eigenvalue weighted by Crippen LogP contribution is -2.40. The molecule has 1 aromatic rings. The Balaban J connectivity index is 2.07.